The average molecular weight is 194 g/mol. The fourth-order valence-electron chi connectivity index (χ4n) is 0.511. The molecular formula is C9H22O4. The third kappa shape index (κ3) is 18.7. The van der Waals surface area contributed by atoms with E-state index in [-0.39, 0.29) is 13.2 Å². The molecule has 0 spiro atoms. The van der Waals surface area contributed by atoms with Crippen LogP contribution in [0.1, 0.15) is 20.8 Å². The van der Waals surface area contributed by atoms with E-state index in [1.54, 1.807) is 0 Å². The van der Waals surface area contributed by atoms with Crippen LogP contribution in [-0.4, -0.2) is 49.4 Å². The summed E-state index contributed by atoms with van der Waals surface area (Å²) >= 11 is 0. The minimum absolute atomic E-state index is 0.222. The second-order valence-corrected chi connectivity index (χ2v) is 2.28. The van der Waals surface area contributed by atoms with Crippen molar-refractivity contribution in [2.24, 2.45) is 0 Å². The molecule has 82 valence electrons. The molecule has 2 N–H and O–H groups in total. The van der Waals surface area contributed by atoms with E-state index >= 15 is 0 Å². The molecule has 0 saturated heterocycles. The lowest BCUT2D eigenvalue weighted by atomic mass is 10.4. The highest BCUT2D eigenvalue weighted by molar-refractivity contribution is 4.47. The zero-order valence-corrected chi connectivity index (χ0v) is 8.82. The van der Waals surface area contributed by atoms with E-state index in [0.29, 0.717) is 6.61 Å². The van der Waals surface area contributed by atoms with Crippen LogP contribution >= 0.6 is 0 Å². The van der Waals surface area contributed by atoms with Crippen LogP contribution in [0.5, 0.6) is 0 Å². The normalized spacial score (nSPS) is 11.8. The minimum atomic E-state index is -0.713. The van der Waals surface area contributed by atoms with Gasteiger partial charge in [0.1, 0.15) is 6.10 Å². The van der Waals surface area contributed by atoms with Gasteiger partial charge in [-0.3, -0.25) is 0 Å². The van der Waals surface area contributed by atoms with Crippen molar-refractivity contribution in [3.63, 3.8) is 0 Å². The summed E-state index contributed by atoms with van der Waals surface area (Å²) in [6.45, 7) is 8.09. The summed E-state index contributed by atoms with van der Waals surface area (Å²) in [5.74, 6) is 0. The van der Waals surface area contributed by atoms with Crippen molar-refractivity contribution in [2.75, 3.05) is 33.0 Å². The average Bonchev–Trinajstić information content (AvgIpc) is 2.16. The first kappa shape index (κ1) is 15.3. The molecule has 1 unspecified atom stereocenters. The van der Waals surface area contributed by atoms with Crippen LogP contribution in [0.3, 0.4) is 0 Å². The van der Waals surface area contributed by atoms with Crippen molar-refractivity contribution in [2.45, 2.75) is 26.9 Å². The molecule has 4 nitrogen and oxygen atoms in total. The molecule has 13 heavy (non-hydrogen) atoms. The van der Waals surface area contributed by atoms with Gasteiger partial charge in [-0.1, -0.05) is 0 Å². The third-order valence-electron chi connectivity index (χ3n) is 1.13. The third-order valence-corrected chi connectivity index (χ3v) is 1.13. The molecule has 0 rings (SSSR count). The highest BCUT2D eigenvalue weighted by atomic mass is 16.5. The Balaban J connectivity index is 0. The molecule has 1 atom stereocenters. The van der Waals surface area contributed by atoms with Crippen LogP contribution in [0.25, 0.3) is 0 Å². The predicted octanol–water partition coefficient (Wildman–Crippen LogP) is 0.419. The molecule has 0 saturated carbocycles. The van der Waals surface area contributed by atoms with Gasteiger partial charge in [0.15, 0.2) is 0 Å². The lowest BCUT2D eigenvalue weighted by Crippen LogP contribution is -2.19. The van der Waals surface area contributed by atoms with E-state index in [9.17, 15) is 0 Å². The number of aliphatic hydroxyl groups excluding tert-OH is 2. The number of rotatable bonds is 6. The van der Waals surface area contributed by atoms with Gasteiger partial charge in [0.05, 0.1) is 13.2 Å². The van der Waals surface area contributed by atoms with Gasteiger partial charge in [-0.2, -0.15) is 0 Å². The van der Waals surface area contributed by atoms with E-state index in [1.807, 2.05) is 20.8 Å². The molecule has 0 aromatic heterocycles. The number of aliphatic hydroxyl groups is 2. The molecular weight excluding hydrogens is 172 g/mol. The highest BCUT2D eigenvalue weighted by Crippen LogP contribution is 1.81. The number of hydrogen-bond acceptors (Lipinski definition) is 4. The molecule has 0 aliphatic heterocycles. The Morgan fingerprint density at radius 1 is 1.00 bits per heavy atom. The first-order valence-corrected chi connectivity index (χ1v) is 4.67. The van der Waals surface area contributed by atoms with E-state index in [4.69, 9.17) is 19.7 Å². The Morgan fingerprint density at radius 2 is 1.46 bits per heavy atom. The predicted molar refractivity (Wildman–Crippen MR) is 51.8 cm³/mol. The zero-order chi connectivity index (χ0) is 10.5. The Morgan fingerprint density at radius 3 is 1.69 bits per heavy atom. The summed E-state index contributed by atoms with van der Waals surface area (Å²) in [5.41, 5.74) is 0. The molecule has 0 heterocycles. The Kier molecular flexibility index (Phi) is 16.9. The summed E-state index contributed by atoms with van der Waals surface area (Å²) in [4.78, 5) is 0. The van der Waals surface area contributed by atoms with Crippen molar-refractivity contribution < 1.29 is 19.7 Å². The van der Waals surface area contributed by atoms with Crippen molar-refractivity contribution >= 4 is 0 Å². The molecule has 0 fully saturated rings. The van der Waals surface area contributed by atoms with Gasteiger partial charge in [-0.25, -0.2) is 0 Å². The summed E-state index contributed by atoms with van der Waals surface area (Å²) in [5, 5.41) is 16.8. The summed E-state index contributed by atoms with van der Waals surface area (Å²) in [6, 6.07) is 0. The van der Waals surface area contributed by atoms with Crippen LogP contribution in [0, 0.1) is 0 Å². The fourth-order valence-corrected chi connectivity index (χ4v) is 0.511. The van der Waals surface area contributed by atoms with Crippen molar-refractivity contribution in [3.05, 3.63) is 0 Å². The summed E-state index contributed by atoms with van der Waals surface area (Å²) in [6.07, 6.45) is -0.713. The molecule has 0 amide bonds. The largest absolute Gasteiger partial charge is 0.394 e. The van der Waals surface area contributed by atoms with Crippen LogP contribution in [-0.2, 0) is 9.47 Å². The maximum atomic E-state index is 8.61. The maximum Gasteiger partial charge on any atom is 0.100 e. The molecule has 0 radical (unpaired) electrons. The second kappa shape index (κ2) is 14.4. The molecule has 4 heteroatoms. The smallest absolute Gasteiger partial charge is 0.100 e. The van der Waals surface area contributed by atoms with Gasteiger partial charge in [0.2, 0.25) is 0 Å². The van der Waals surface area contributed by atoms with Crippen LogP contribution in [0.15, 0.2) is 0 Å². The van der Waals surface area contributed by atoms with E-state index in [2.05, 4.69) is 0 Å². The standard InChI is InChI=1S/C5H12O3.C4H10O/c1-2-8-4-5(7)3-6;1-3-5-4-2/h5-7H,2-4H2,1H3;3-4H2,1-2H3. The molecule has 0 aromatic rings. The lowest BCUT2D eigenvalue weighted by molar-refractivity contribution is 0.0104. The molecule has 0 aromatic carbocycles. The highest BCUT2D eigenvalue weighted by Gasteiger charge is 1.98. The number of hydrogen-bond donors (Lipinski definition) is 2. The van der Waals surface area contributed by atoms with Crippen LogP contribution in [0.4, 0.5) is 0 Å². The molecule has 0 aliphatic rings. The first-order chi connectivity index (χ1) is 6.22. The van der Waals surface area contributed by atoms with Gasteiger partial charge in [0.25, 0.3) is 0 Å². The Labute approximate surface area is 80.5 Å². The van der Waals surface area contributed by atoms with E-state index < -0.39 is 6.10 Å². The van der Waals surface area contributed by atoms with Gasteiger partial charge in [-0.15, -0.1) is 0 Å². The minimum Gasteiger partial charge on any atom is -0.394 e. The Bertz CT molecular complexity index is 76.0. The molecule has 0 bridgehead atoms. The monoisotopic (exact) mass is 194 g/mol. The lowest BCUT2D eigenvalue weighted by Gasteiger charge is -2.04. The van der Waals surface area contributed by atoms with E-state index in [0.717, 1.165) is 13.2 Å². The van der Waals surface area contributed by atoms with Gasteiger partial charge < -0.3 is 19.7 Å². The van der Waals surface area contributed by atoms with Crippen LogP contribution in [0.2, 0.25) is 0 Å². The summed E-state index contributed by atoms with van der Waals surface area (Å²) < 4.78 is 9.61. The van der Waals surface area contributed by atoms with Gasteiger partial charge in [-0.05, 0) is 20.8 Å². The molecule has 0 aliphatic carbocycles. The SMILES string of the molecule is CCOCC.CCOCC(O)CO. The van der Waals surface area contributed by atoms with E-state index in [1.165, 1.54) is 0 Å². The fraction of sp³-hybridized carbons (Fsp3) is 1.00. The van der Waals surface area contributed by atoms with Gasteiger partial charge in [0, 0.05) is 19.8 Å². The maximum absolute atomic E-state index is 8.61. The van der Waals surface area contributed by atoms with Crippen LogP contribution < -0.4 is 0 Å². The van der Waals surface area contributed by atoms with Crippen molar-refractivity contribution in [3.8, 4) is 0 Å². The van der Waals surface area contributed by atoms with Gasteiger partial charge >= 0.3 is 0 Å². The first-order valence-electron chi connectivity index (χ1n) is 4.67. The van der Waals surface area contributed by atoms with Crippen molar-refractivity contribution in [1.82, 2.24) is 0 Å². The quantitative estimate of drug-likeness (QED) is 0.643. The number of ether oxygens (including phenoxy) is 2. The summed E-state index contributed by atoms with van der Waals surface area (Å²) in [7, 11) is 0. The van der Waals surface area contributed by atoms with Crippen molar-refractivity contribution in [1.29, 1.82) is 0 Å². The zero-order valence-electron chi connectivity index (χ0n) is 8.82. The Hall–Kier alpha value is -0.160. The topological polar surface area (TPSA) is 58.9 Å². The second-order valence-electron chi connectivity index (χ2n) is 2.28.